The van der Waals surface area contributed by atoms with Gasteiger partial charge >= 0.3 is 12.2 Å². The first-order chi connectivity index (χ1) is 17.3. The molecule has 4 aliphatic rings. The Morgan fingerprint density at radius 3 is 2.57 bits per heavy atom. The van der Waals surface area contributed by atoms with Crippen molar-refractivity contribution < 1.29 is 28.7 Å². The number of alkyl carbamates (subject to hydrolysis) is 1. The third-order valence-corrected chi connectivity index (χ3v) is 9.72. The van der Waals surface area contributed by atoms with E-state index in [0.29, 0.717) is 30.0 Å². The summed E-state index contributed by atoms with van der Waals surface area (Å²) >= 11 is 0. The van der Waals surface area contributed by atoms with Crippen molar-refractivity contribution in [1.29, 1.82) is 0 Å². The Bertz CT molecular complexity index is 981. The monoisotopic (exact) mass is 516 g/mol. The highest BCUT2D eigenvalue weighted by Crippen LogP contribution is 2.66. The lowest BCUT2D eigenvalue weighted by atomic mass is 9.46. The van der Waals surface area contributed by atoms with Gasteiger partial charge in [-0.2, -0.15) is 0 Å². The largest absolute Gasteiger partial charge is 0.535 e. The van der Waals surface area contributed by atoms with Crippen molar-refractivity contribution in [3.8, 4) is 0 Å². The van der Waals surface area contributed by atoms with Crippen molar-refractivity contribution in [3.05, 3.63) is 11.6 Å². The van der Waals surface area contributed by atoms with Crippen molar-refractivity contribution in [2.24, 2.45) is 39.7 Å². The quantitative estimate of drug-likeness (QED) is 0.154. The molecule has 6 atom stereocenters. The maximum Gasteiger partial charge on any atom is 0.535 e. The second-order valence-corrected chi connectivity index (χ2v) is 13.0. The molecular weight excluding hydrogens is 472 g/mol. The summed E-state index contributed by atoms with van der Waals surface area (Å²) in [5.41, 5.74) is 1.97. The van der Waals surface area contributed by atoms with E-state index in [1.54, 1.807) is 20.8 Å². The Labute approximate surface area is 220 Å². The smallest absolute Gasteiger partial charge is 0.444 e. The zero-order valence-corrected chi connectivity index (χ0v) is 23.4. The first kappa shape index (κ1) is 27.6. The number of ether oxygens (including phenoxy) is 2. The van der Waals surface area contributed by atoms with Gasteiger partial charge in [-0.3, -0.25) is 9.63 Å². The van der Waals surface area contributed by atoms with Gasteiger partial charge in [-0.15, -0.1) is 0 Å². The van der Waals surface area contributed by atoms with Gasteiger partial charge in [0.1, 0.15) is 12.2 Å². The van der Waals surface area contributed by atoms with E-state index < -0.39 is 17.8 Å². The molecule has 1 amide bonds. The Hall–Kier alpha value is -2.38. The second kappa shape index (κ2) is 10.4. The van der Waals surface area contributed by atoms with Gasteiger partial charge in [-0.05, 0) is 107 Å². The molecule has 0 aliphatic heterocycles. The molecule has 4 rings (SSSR count). The predicted molar refractivity (Wildman–Crippen MR) is 140 cm³/mol. The molecule has 0 aromatic carbocycles. The molecule has 1 N–H and O–H groups in total. The number of carbonyl (C=O) groups excluding carboxylic acids is 3. The van der Waals surface area contributed by atoms with E-state index in [-0.39, 0.29) is 29.9 Å². The summed E-state index contributed by atoms with van der Waals surface area (Å²) in [6.07, 6.45) is 8.96. The van der Waals surface area contributed by atoms with Gasteiger partial charge in [0.05, 0.1) is 12.3 Å². The van der Waals surface area contributed by atoms with Crippen LogP contribution in [0, 0.1) is 34.5 Å². The molecule has 0 aromatic heterocycles. The van der Waals surface area contributed by atoms with Crippen LogP contribution in [-0.2, 0) is 19.1 Å². The fraction of sp³-hybridized carbons (Fsp3) is 0.793. The molecule has 0 bridgehead atoms. The van der Waals surface area contributed by atoms with Gasteiger partial charge in [-0.1, -0.05) is 24.6 Å². The lowest BCUT2D eigenvalue weighted by molar-refractivity contribution is -0.117. The normalized spacial score (nSPS) is 35.5. The highest BCUT2D eigenvalue weighted by Gasteiger charge is 2.59. The summed E-state index contributed by atoms with van der Waals surface area (Å²) in [6, 6.07) is 0. The van der Waals surface area contributed by atoms with E-state index in [1.807, 2.05) is 13.0 Å². The van der Waals surface area contributed by atoms with Crippen LogP contribution in [0.2, 0.25) is 0 Å². The van der Waals surface area contributed by atoms with Crippen LogP contribution in [0.15, 0.2) is 16.8 Å². The first-order valence-electron chi connectivity index (χ1n) is 13.9. The van der Waals surface area contributed by atoms with Crippen LogP contribution >= 0.6 is 0 Å². The molecule has 3 fully saturated rings. The number of rotatable bonds is 5. The molecule has 0 aromatic rings. The van der Waals surface area contributed by atoms with Crippen molar-refractivity contribution in [2.75, 3.05) is 13.2 Å². The van der Waals surface area contributed by atoms with Crippen LogP contribution in [0.4, 0.5) is 9.59 Å². The number of hydrogen-bond donors (Lipinski definition) is 1. The average Bonchev–Trinajstić information content (AvgIpc) is 3.17. The molecule has 3 saturated carbocycles. The molecule has 0 saturated heterocycles. The Balaban J connectivity index is 1.30. The van der Waals surface area contributed by atoms with Gasteiger partial charge in [-0.25, -0.2) is 9.59 Å². The zero-order chi connectivity index (χ0) is 27.0. The second-order valence-electron chi connectivity index (χ2n) is 13.0. The molecule has 8 heteroatoms. The number of nitrogens with zero attached hydrogens (tertiary/aromatic N) is 1. The molecular formula is C29H44N2O6. The molecule has 0 radical (unpaired) electrons. The van der Waals surface area contributed by atoms with E-state index in [0.717, 1.165) is 31.4 Å². The van der Waals surface area contributed by atoms with E-state index in [2.05, 4.69) is 24.3 Å². The third kappa shape index (κ3) is 5.73. The van der Waals surface area contributed by atoms with Crippen molar-refractivity contribution >= 4 is 23.7 Å². The number of ketones is 1. The number of hydrogen-bond acceptors (Lipinski definition) is 7. The van der Waals surface area contributed by atoms with Crippen molar-refractivity contribution in [3.63, 3.8) is 0 Å². The lowest BCUT2D eigenvalue weighted by Gasteiger charge is -2.58. The van der Waals surface area contributed by atoms with Crippen LogP contribution in [0.3, 0.4) is 0 Å². The minimum absolute atomic E-state index is 0.0280. The Morgan fingerprint density at radius 1 is 1.08 bits per heavy atom. The van der Waals surface area contributed by atoms with Crippen LogP contribution in [-0.4, -0.2) is 42.5 Å². The van der Waals surface area contributed by atoms with E-state index >= 15 is 0 Å². The van der Waals surface area contributed by atoms with E-state index in [1.165, 1.54) is 24.8 Å². The SMILES string of the molecule is C/C(=N\OC(=O)OCCNC(=O)OC(C)(C)C)[C@H]1CC[C@H]2[C@@H]3CCC4=CC(=O)CC[C@]4(C)[C@H]3CC[C@]12C. The average molecular weight is 517 g/mol. The molecule has 8 nitrogen and oxygen atoms in total. The van der Waals surface area contributed by atoms with Crippen molar-refractivity contribution in [2.45, 2.75) is 98.5 Å². The number of allylic oxidation sites excluding steroid dienone is 1. The summed E-state index contributed by atoms with van der Waals surface area (Å²) in [4.78, 5) is 40.9. The minimum Gasteiger partial charge on any atom is -0.444 e. The molecule has 0 heterocycles. The van der Waals surface area contributed by atoms with E-state index in [9.17, 15) is 14.4 Å². The highest BCUT2D eigenvalue weighted by atomic mass is 16.8. The first-order valence-corrected chi connectivity index (χ1v) is 13.9. The zero-order valence-electron chi connectivity index (χ0n) is 23.4. The number of carbonyl (C=O) groups is 3. The number of oxime groups is 1. The van der Waals surface area contributed by atoms with Crippen LogP contribution in [0.5, 0.6) is 0 Å². The summed E-state index contributed by atoms with van der Waals surface area (Å²) in [6.45, 7) is 12.2. The Morgan fingerprint density at radius 2 is 1.84 bits per heavy atom. The van der Waals surface area contributed by atoms with Gasteiger partial charge in [0.25, 0.3) is 0 Å². The minimum atomic E-state index is -0.875. The third-order valence-electron chi connectivity index (χ3n) is 9.72. The van der Waals surface area contributed by atoms with Crippen molar-refractivity contribution in [1.82, 2.24) is 5.32 Å². The van der Waals surface area contributed by atoms with Gasteiger partial charge < -0.3 is 14.8 Å². The highest BCUT2D eigenvalue weighted by molar-refractivity contribution is 5.91. The predicted octanol–water partition coefficient (Wildman–Crippen LogP) is 6.19. The fourth-order valence-corrected chi connectivity index (χ4v) is 8.05. The summed E-state index contributed by atoms with van der Waals surface area (Å²) in [7, 11) is 0. The lowest BCUT2D eigenvalue weighted by Crippen LogP contribution is -2.51. The summed E-state index contributed by atoms with van der Waals surface area (Å²) in [5.74, 6) is 2.53. The van der Waals surface area contributed by atoms with Gasteiger partial charge in [0.2, 0.25) is 0 Å². The molecule has 0 unspecified atom stereocenters. The maximum atomic E-state index is 12.1. The molecule has 37 heavy (non-hydrogen) atoms. The summed E-state index contributed by atoms with van der Waals surface area (Å²) < 4.78 is 10.2. The number of fused-ring (bicyclic) bond motifs is 5. The van der Waals surface area contributed by atoms with Crippen LogP contribution in [0.1, 0.15) is 92.9 Å². The van der Waals surface area contributed by atoms with Gasteiger partial charge in [0, 0.05) is 12.3 Å². The summed E-state index contributed by atoms with van der Waals surface area (Å²) in [5, 5.41) is 6.71. The molecule has 4 aliphatic carbocycles. The molecule has 206 valence electrons. The van der Waals surface area contributed by atoms with Crippen LogP contribution in [0.25, 0.3) is 0 Å². The van der Waals surface area contributed by atoms with Gasteiger partial charge in [0.15, 0.2) is 5.78 Å². The number of amides is 1. The fourth-order valence-electron chi connectivity index (χ4n) is 8.05. The molecule has 0 spiro atoms. The topological polar surface area (TPSA) is 103 Å². The standard InChI is InChI=1S/C29H44N2O6/c1-18(31-37-26(34)35-16-15-30-25(33)36-27(2,3)4)22-9-10-23-21-8-7-19-17-20(32)11-13-28(19,5)24(21)12-14-29(22,23)6/h17,21-24H,7-16H2,1-6H3,(H,30,33)/b31-18+/t21-,22+,23-,24-,28-,29+/m0/s1. The maximum absolute atomic E-state index is 12.1. The number of nitrogens with one attached hydrogen (secondary N) is 1. The Kier molecular flexibility index (Phi) is 7.78. The van der Waals surface area contributed by atoms with E-state index in [4.69, 9.17) is 14.3 Å². The van der Waals surface area contributed by atoms with Crippen LogP contribution < -0.4 is 5.32 Å².